The van der Waals surface area contributed by atoms with Gasteiger partial charge in [-0.15, -0.1) is 0 Å². The molecule has 2 nitrogen and oxygen atoms in total. The Morgan fingerprint density at radius 2 is 2.15 bits per heavy atom. The fourth-order valence-corrected chi connectivity index (χ4v) is 1.43. The van der Waals surface area contributed by atoms with Gasteiger partial charge in [-0.1, -0.05) is 0 Å². The summed E-state index contributed by atoms with van der Waals surface area (Å²) in [5.41, 5.74) is 1.65. The highest BCUT2D eigenvalue weighted by Gasteiger charge is 2.08. The van der Waals surface area contributed by atoms with Gasteiger partial charge in [0.2, 0.25) is 0 Å². The molecular weight excluding hydrogens is 169 g/mol. The van der Waals surface area contributed by atoms with E-state index in [1.165, 1.54) is 12.1 Å². The van der Waals surface area contributed by atoms with Gasteiger partial charge in [0, 0.05) is 18.0 Å². The molecule has 2 aromatic rings. The SMILES string of the molecule is CNc1oc2ccc(F)cc2c1C. The van der Waals surface area contributed by atoms with E-state index in [4.69, 9.17) is 4.42 Å². The van der Waals surface area contributed by atoms with Gasteiger partial charge in [-0.3, -0.25) is 0 Å². The lowest BCUT2D eigenvalue weighted by atomic mass is 10.2. The molecule has 0 spiro atoms. The van der Waals surface area contributed by atoms with E-state index in [2.05, 4.69) is 5.32 Å². The molecule has 1 aromatic carbocycles. The number of furan rings is 1. The lowest BCUT2D eigenvalue weighted by Crippen LogP contribution is -1.86. The molecule has 3 heteroatoms. The summed E-state index contributed by atoms with van der Waals surface area (Å²) >= 11 is 0. The molecule has 0 aliphatic rings. The molecule has 0 aliphatic heterocycles. The molecule has 0 saturated carbocycles. The van der Waals surface area contributed by atoms with Crippen LogP contribution in [0.4, 0.5) is 10.3 Å². The first kappa shape index (κ1) is 8.10. The lowest BCUT2D eigenvalue weighted by Gasteiger charge is -1.92. The normalized spacial score (nSPS) is 10.7. The minimum atomic E-state index is -0.237. The molecule has 1 heterocycles. The van der Waals surface area contributed by atoms with E-state index in [-0.39, 0.29) is 5.82 Å². The van der Waals surface area contributed by atoms with Crippen LogP contribution in [0.3, 0.4) is 0 Å². The number of fused-ring (bicyclic) bond motifs is 1. The van der Waals surface area contributed by atoms with Gasteiger partial charge in [-0.2, -0.15) is 0 Å². The zero-order valence-corrected chi connectivity index (χ0v) is 7.52. The van der Waals surface area contributed by atoms with Crippen LogP contribution in [-0.2, 0) is 0 Å². The smallest absolute Gasteiger partial charge is 0.196 e. The fourth-order valence-electron chi connectivity index (χ4n) is 1.43. The largest absolute Gasteiger partial charge is 0.440 e. The Balaban J connectivity index is 2.77. The van der Waals surface area contributed by atoms with Crippen molar-refractivity contribution in [2.45, 2.75) is 6.92 Å². The van der Waals surface area contributed by atoms with E-state index in [0.717, 1.165) is 10.9 Å². The van der Waals surface area contributed by atoms with Gasteiger partial charge in [0.15, 0.2) is 5.88 Å². The third-order valence-corrected chi connectivity index (χ3v) is 2.13. The van der Waals surface area contributed by atoms with E-state index in [1.54, 1.807) is 13.1 Å². The number of aryl methyl sites for hydroxylation is 1. The molecule has 68 valence electrons. The summed E-state index contributed by atoms with van der Waals surface area (Å²) in [7, 11) is 1.78. The van der Waals surface area contributed by atoms with Crippen LogP contribution in [0, 0.1) is 12.7 Å². The molecular formula is C10H10FNO. The lowest BCUT2D eigenvalue weighted by molar-refractivity contribution is 0.618. The molecule has 0 bridgehead atoms. The molecule has 0 radical (unpaired) electrons. The van der Waals surface area contributed by atoms with Crippen molar-refractivity contribution < 1.29 is 8.81 Å². The third-order valence-electron chi connectivity index (χ3n) is 2.13. The maximum absolute atomic E-state index is 12.9. The monoisotopic (exact) mass is 179 g/mol. The Labute approximate surface area is 75.4 Å². The maximum atomic E-state index is 12.9. The molecule has 13 heavy (non-hydrogen) atoms. The summed E-state index contributed by atoms with van der Waals surface area (Å²) in [4.78, 5) is 0. The van der Waals surface area contributed by atoms with Crippen LogP contribution in [-0.4, -0.2) is 7.05 Å². The fraction of sp³-hybridized carbons (Fsp3) is 0.200. The quantitative estimate of drug-likeness (QED) is 0.728. The second-order valence-corrected chi connectivity index (χ2v) is 2.95. The van der Waals surface area contributed by atoms with Crippen molar-refractivity contribution in [2.75, 3.05) is 12.4 Å². The maximum Gasteiger partial charge on any atom is 0.196 e. The predicted molar refractivity (Wildman–Crippen MR) is 50.5 cm³/mol. The Bertz CT molecular complexity index is 447. The van der Waals surface area contributed by atoms with E-state index >= 15 is 0 Å². The average Bonchev–Trinajstić information content (AvgIpc) is 2.44. The molecule has 0 fully saturated rings. The summed E-state index contributed by atoms with van der Waals surface area (Å²) in [5, 5.41) is 3.74. The van der Waals surface area contributed by atoms with Crippen LogP contribution in [0.1, 0.15) is 5.56 Å². The van der Waals surface area contributed by atoms with Gasteiger partial charge in [0.05, 0.1) is 0 Å². The zero-order valence-electron chi connectivity index (χ0n) is 7.52. The summed E-state index contributed by atoms with van der Waals surface area (Å²) in [6.07, 6.45) is 0. The van der Waals surface area contributed by atoms with Gasteiger partial charge < -0.3 is 9.73 Å². The number of rotatable bonds is 1. The van der Waals surface area contributed by atoms with Gasteiger partial charge >= 0.3 is 0 Å². The van der Waals surface area contributed by atoms with Crippen LogP contribution in [0.2, 0.25) is 0 Å². The summed E-state index contributed by atoms with van der Waals surface area (Å²) < 4.78 is 18.3. The van der Waals surface area contributed by atoms with Gasteiger partial charge in [0.25, 0.3) is 0 Å². The standard InChI is InChI=1S/C10H10FNO/c1-6-8-5-7(11)3-4-9(8)13-10(6)12-2/h3-5,12H,1-2H3. The minimum absolute atomic E-state index is 0.237. The molecule has 0 saturated heterocycles. The van der Waals surface area contributed by atoms with Crippen molar-refractivity contribution in [2.24, 2.45) is 0 Å². The first-order valence-corrected chi connectivity index (χ1v) is 4.09. The van der Waals surface area contributed by atoms with E-state index < -0.39 is 0 Å². The number of nitrogens with one attached hydrogen (secondary N) is 1. The molecule has 1 aromatic heterocycles. The third kappa shape index (κ3) is 1.16. The van der Waals surface area contributed by atoms with Crippen LogP contribution < -0.4 is 5.32 Å². The van der Waals surface area contributed by atoms with Crippen molar-refractivity contribution in [3.63, 3.8) is 0 Å². The predicted octanol–water partition coefficient (Wildman–Crippen LogP) is 2.92. The number of benzene rings is 1. The number of hydrogen-bond donors (Lipinski definition) is 1. The first-order chi connectivity index (χ1) is 6.22. The zero-order chi connectivity index (χ0) is 9.42. The van der Waals surface area contributed by atoms with Crippen molar-refractivity contribution in [1.29, 1.82) is 0 Å². The van der Waals surface area contributed by atoms with E-state index in [9.17, 15) is 4.39 Å². The molecule has 2 rings (SSSR count). The minimum Gasteiger partial charge on any atom is -0.440 e. The highest BCUT2D eigenvalue weighted by Crippen LogP contribution is 2.28. The van der Waals surface area contributed by atoms with Crippen molar-refractivity contribution in [3.8, 4) is 0 Å². The molecule has 0 unspecified atom stereocenters. The molecule has 0 aliphatic carbocycles. The Morgan fingerprint density at radius 3 is 2.85 bits per heavy atom. The number of anilines is 1. The summed E-state index contributed by atoms with van der Waals surface area (Å²) in [5.74, 6) is 0.458. The molecule has 0 amide bonds. The molecule has 0 atom stereocenters. The van der Waals surface area contributed by atoms with Gasteiger partial charge in [-0.05, 0) is 25.1 Å². The second-order valence-electron chi connectivity index (χ2n) is 2.95. The second kappa shape index (κ2) is 2.76. The highest BCUT2D eigenvalue weighted by atomic mass is 19.1. The van der Waals surface area contributed by atoms with Gasteiger partial charge in [-0.25, -0.2) is 4.39 Å². The highest BCUT2D eigenvalue weighted by molar-refractivity contribution is 5.85. The number of hydrogen-bond acceptors (Lipinski definition) is 2. The Morgan fingerprint density at radius 1 is 1.38 bits per heavy atom. The van der Waals surface area contributed by atoms with Crippen LogP contribution >= 0.6 is 0 Å². The van der Waals surface area contributed by atoms with Crippen LogP contribution in [0.5, 0.6) is 0 Å². The Kier molecular flexibility index (Phi) is 1.72. The van der Waals surface area contributed by atoms with E-state index in [1.807, 2.05) is 6.92 Å². The summed E-state index contributed by atoms with van der Waals surface area (Å²) in [6.45, 7) is 1.90. The van der Waals surface area contributed by atoms with Gasteiger partial charge in [0.1, 0.15) is 11.4 Å². The van der Waals surface area contributed by atoms with Crippen LogP contribution in [0.15, 0.2) is 22.6 Å². The van der Waals surface area contributed by atoms with Crippen molar-refractivity contribution >= 4 is 16.9 Å². The Hall–Kier alpha value is -1.51. The van der Waals surface area contributed by atoms with E-state index in [0.29, 0.717) is 11.5 Å². The average molecular weight is 179 g/mol. The first-order valence-electron chi connectivity index (χ1n) is 4.09. The van der Waals surface area contributed by atoms with Crippen LogP contribution in [0.25, 0.3) is 11.0 Å². The summed E-state index contributed by atoms with van der Waals surface area (Å²) in [6, 6.07) is 4.51. The van der Waals surface area contributed by atoms with Crippen molar-refractivity contribution in [1.82, 2.24) is 0 Å². The topological polar surface area (TPSA) is 25.2 Å². The van der Waals surface area contributed by atoms with Crippen molar-refractivity contribution in [3.05, 3.63) is 29.6 Å². The number of halogens is 1. The molecule has 1 N–H and O–H groups in total.